The molecule has 6 heteroatoms. The first-order chi connectivity index (χ1) is 11.2. The molecule has 1 saturated carbocycles. The van der Waals surface area contributed by atoms with Crippen LogP contribution < -0.4 is 0 Å². The number of morpholine rings is 1. The van der Waals surface area contributed by atoms with Gasteiger partial charge in [0.2, 0.25) is 0 Å². The van der Waals surface area contributed by atoms with Crippen LogP contribution in [-0.2, 0) is 15.9 Å². The number of benzene rings is 1. The minimum absolute atomic E-state index is 0. The van der Waals surface area contributed by atoms with E-state index >= 15 is 0 Å². The fourth-order valence-corrected chi connectivity index (χ4v) is 3.94. The van der Waals surface area contributed by atoms with E-state index in [1.165, 1.54) is 31.2 Å². The van der Waals surface area contributed by atoms with Gasteiger partial charge in [-0.15, -0.1) is 12.4 Å². The van der Waals surface area contributed by atoms with Gasteiger partial charge < -0.3 is 9.47 Å². The van der Waals surface area contributed by atoms with Crippen LogP contribution in [0.3, 0.4) is 0 Å². The Labute approximate surface area is 161 Å². The number of rotatable bonds is 5. The number of hydrogen-bond acceptors (Lipinski definition) is 3. The van der Waals surface area contributed by atoms with E-state index in [1.807, 2.05) is 18.2 Å². The first-order valence-electron chi connectivity index (χ1n) is 8.61. The maximum atomic E-state index is 6.26. The highest BCUT2D eigenvalue weighted by Crippen LogP contribution is 2.27. The quantitative estimate of drug-likeness (QED) is 0.727. The van der Waals surface area contributed by atoms with E-state index in [1.54, 1.807) is 0 Å². The molecule has 0 amide bonds. The van der Waals surface area contributed by atoms with Gasteiger partial charge in [-0.1, -0.05) is 42.1 Å². The third kappa shape index (κ3) is 5.48. The minimum atomic E-state index is 0. The maximum absolute atomic E-state index is 6.26. The van der Waals surface area contributed by atoms with Gasteiger partial charge in [0.1, 0.15) is 0 Å². The minimum Gasteiger partial charge on any atom is -0.379 e. The van der Waals surface area contributed by atoms with Crippen molar-refractivity contribution in [3.63, 3.8) is 0 Å². The normalized spacial score (nSPS) is 25.2. The van der Waals surface area contributed by atoms with E-state index in [2.05, 4.69) is 4.90 Å². The first-order valence-corrected chi connectivity index (χ1v) is 9.37. The Hall–Kier alpha value is -0.0300. The highest BCUT2D eigenvalue weighted by Gasteiger charge is 2.31. The first kappa shape index (κ1) is 20.3. The lowest BCUT2D eigenvalue weighted by atomic mass is 9.91. The molecule has 3 rings (SSSR count). The van der Waals surface area contributed by atoms with Crippen LogP contribution in [0, 0.1) is 0 Å². The van der Waals surface area contributed by atoms with Crippen molar-refractivity contribution in [1.82, 2.24) is 4.90 Å². The molecule has 0 N–H and O–H groups in total. The van der Waals surface area contributed by atoms with Crippen LogP contribution in [0.5, 0.6) is 0 Å². The molecule has 1 aliphatic heterocycles. The second-order valence-corrected chi connectivity index (χ2v) is 7.22. The highest BCUT2D eigenvalue weighted by atomic mass is 35.5. The summed E-state index contributed by atoms with van der Waals surface area (Å²) in [5.41, 5.74) is 1.18. The summed E-state index contributed by atoms with van der Waals surface area (Å²) in [6.07, 6.45) is 6.24. The van der Waals surface area contributed by atoms with E-state index in [0.29, 0.717) is 22.2 Å². The third-order valence-electron chi connectivity index (χ3n) is 4.89. The summed E-state index contributed by atoms with van der Waals surface area (Å²) in [6, 6.07) is 6.38. The van der Waals surface area contributed by atoms with Crippen molar-refractivity contribution < 1.29 is 9.47 Å². The van der Waals surface area contributed by atoms with Crippen LogP contribution in [-0.4, -0.2) is 50.0 Å². The summed E-state index contributed by atoms with van der Waals surface area (Å²) in [5.74, 6) is 0. The van der Waals surface area contributed by atoms with E-state index in [0.717, 1.165) is 39.3 Å². The van der Waals surface area contributed by atoms with E-state index in [-0.39, 0.29) is 12.4 Å². The Morgan fingerprint density at radius 1 is 1.08 bits per heavy atom. The lowest BCUT2D eigenvalue weighted by Gasteiger charge is -2.41. The lowest BCUT2D eigenvalue weighted by Crippen LogP contribution is -2.51. The van der Waals surface area contributed by atoms with Gasteiger partial charge in [-0.25, -0.2) is 0 Å². The monoisotopic (exact) mass is 393 g/mol. The van der Waals surface area contributed by atoms with Gasteiger partial charge in [0.05, 0.1) is 36.0 Å². The Balaban J connectivity index is 0.00000208. The maximum Gasteiger partial charge on any atom is 0.0730 e. The zero-order valence-electron chi connectivity index (χ0n) is 13.9. The fourth-order valence-electron chi connectivity index (χ4n) is 3.62. The molecular weight excluding hydrogens is 369 g/mol. The zero-order chi connectivity index (χ0) is 16.1. The highest BCUT2D eigenvalue weighted by molar-refractivity contribution is 6.42. The number of hydrogen-bond donors (Lipinski definition) is 0. The van der Waals surface area contributed by atoms with Gasteiger partial charge in [0.15, 0.2) is 0 Å². The van der Waals surface area contributed by atoms with Crippen LogP contribution in [0.4, 0.5) is 0 Å². The molecule has 136 valence electrons. The molecule has 24 heavy (non-hydrogen) atoms. The smallest absolute Gasteiger partial charge is 0.0730 e. The van der Waals surface area contributed by atoms with Crippen molar-refractivity contribution in [3.8, 4) is 0 Å². The number of nitrogens with zero attached hydrogens (tertiary/aromatic N) is 1. The molecule has 0 bridgehead atoms. The topological polar surface area (TPSA) is 21.7 Å². The molecule has 0 unspecified atom stereocenters. The van der Waals surface area contributed by atoms with Crippen LogP contribution >= 0.6 is 35.6 Å². The van der Waals surface area contributed by atoms with Crippen LogP contribution in [0.2, 0.25) is 10.0 Å². The van der Waals surface area contributed by atoms with Gasteiger partial charge in [0, 0.05) is 19.1 Å². The predicted octanol–water partition coefficient (Wildman–Crippen LogP) is 4.62. The van der Waals surface area contributed by atoms with Crippen molar-refractivity contribution >= 4 is 35.6 Å². The van der Waals surface area contributed by atoms with Crippen molar-refractivity contribution in [1.29, 1.82) is 0 Å². The molecule has 1 heterocycles. The van der Waals surface area contributed by atoms with Crippen molar-refractivity contribution in [2.45, 2.75) is 44.2 Å². The van der Waals surface area contributed by atoms with Crippen LogP contribution in [0.25, 0.3) is 0 Å². The molecule has 2 fully saturated rings. The fraction of sp³-hybridized carbons (Fsp3) is 0.667. The number of ether oxygens (including phenoxy) is 2. The Morgan fingerprint density at radius 2 is 1.83 bits per heavy atom. The summed E-state index contributed by atoms with van der Waals surface area (Å²) in [4.78, 5) is 2.56. The summed E-state index contributed by atoms with van der Waals surface area (Å²) in [7, 11) is 0. The molecule has 3 nitrogen and oxygen atoms in total. The van der Waals surface area contributed by atoms with Crippen molar-refractivity contribution in [3.05, 3.63) is 33.8 Å². The Bertz CT molecular complexity index is 509. The van der Waals surface area contributed by atoms with Gasteiger partial charge in [0.25, 0.3) is 0 Å². The Morgan fingerprint density at radius 3 is 2.58 bits per heavy atom. The van der Waals surface area contributed by atoms with Gasteiger partial charge in [-0.3, -0.25) is 4.90 Å². The summed E-state index contributed by atoms with van der Waals surface area (Å²) in [5, 5.41) is 1.23. The average molecular weight is 395 g/mol. The summed E-state index contributed by atoms with van der Waals surface area (Å²) < 4.78 is 11.7. The second-order valence-electron chi connectivity index (χ2n) is 6.41. The largest absolute Gasteiger partial charge is 0.379 e. The molecule has 1 saturated heterocycles. The molecule has 1 aromatic rings. The number of halogens is 3. The predicted molar refractivity (Wildman–Crippen MR) is 102 cm³/mol. The van der Waals surface area contributed by atoms with Crippen LogP contribution in [0.1, 0.15) is 31.2 Å². The van der Waals surface area contributed by atoms with Crippen molar-refractivity contribution in [2.75, 3.05) is 32.9 Å². The van der Waals surface area contributed by atoms with E-state index in [4.69, 9.17) is 32.7 Å². The summed E-state index contributed by atoms with van der Waals surface area (Å²) in [6.45, 7) is 4.52. The molecular formula is C18H26Cl3NO2. The zero-order valence-corrected chi connectivity index (χ0v) is 16.2. The molecule has 2 atom stereocenters. The van der Waals surface area contributed by atoms with Gasteiger partial charge >= 0.3 is 0 Å². The summed E-state index contributed by atoms with van der Waals surface area (Å²) >= 11 is 12.0. The van der Waals surface area contributed by atoms with Crippen LogP contribution in [0.15, 0.2) is 18.2 Å². The third-order valence-corrected chi connectivity index (χ3v) is 5.63. The molecule has 1 aliphatic carbocycles. The SMILES string of the molecule is Cl.Clc1ccc(CCO[C@H]2CCCC[C@@H]2N2CCOCC2)cc1Cl. The average Bonchev–Trinajstić information content (AvgIpc) is 2.59. The lowest BCUT2D eigenvalue weighted by molar-refractivity contribution is -0.0647. The Kier molecular flexibility index (Phi) is 8.62. The van der Waals surface area contributed by atoms with Crippen molar-refractivity contribution in [2.24, 2.45) is 0 Å². The standard InChI is InChI=1S/C18H25Cl2NO2.ClH/c19-15-6-5-14(13-16(15)20)7-10-23-18-4-2-1-3-17(18)21-8-11-22-12-9-21;/h5-6,13,17-18H,1-4,7-12H2;1H/t17-,18-;/m0./s1. The van der Waals surface area contributed by atoms with E-state index < -0.39 is 0 Å². The molecule has 0 radical (unpaired) electrons. The molecule has 0 aromatic heterocycles. The van der Waals surface area contributed by atoms with E-state index in [9.17, 15) is 0 Å². The molecule has 1 aromatic carbocycles. The second kappa shape index (κ2) is 10.2. The van der Waals surface area contributed by atoms with Gasteiger partial charge in [-0.05, 0) is 37.0 Å². The molecule has 0 spiro atoms. The van der Waals surface area contributed by atoms with Gasteiger partial charge in [-0.2, -0.15) is 0 Å². The molecule has 2 aliphatic rings.